The molecule has 1 aromatic heterocycles. The molecule has 3 rings (SSSR count). The zero-order valence-corrected chi connectivity index (χ0v) is 12.6. The summed E-state index contributed by atoms with van der Waals surface area (Å²) in [5, 5.41) is 1.06. The van der Waals surface area contributed by atoms with Gasteiger partial charge in [-0.1, -0.05) is 24.3 Å². The van der Waals surface area contributed by atoms with E-state index in [9.17, 15) is 4.79 Å². The Kier molecular flexibility index (Phi) is 3.83. The summed E-state index contributed by atoms with van der Waals surface area (Å²) in [4.78, 5) is 12.5. The van der Waals surface area contributed by atoms with Crippen molar-refractivity contribution in [1.82, 2.24) is 4.57 Å². The number of rotatable bonds is 4. The molecule has 0 bridgehead atoms. The molecule has 0 aliphatic carbocycles. The standard InChI is InChI=1S/C18H17NO3/c1-21-16-8-7-13(11-17(16)22-2)12-18(20)19-10-9-14-5-3-4-6-15(14)19/h3-11H,12H2,1-2H3. The summed E-state index contributed by atoms with van der Waals surface area (Å²) in [6.45, 7) is 0. The molecule has 0 unspecified atom stereocenters. The van der Waals surface area contributed by atoms with Gasteiger partial charge in [-0.25, -0.2) is 0 Å². The third kappa shape index (κ3) is 2.55. The Hall–Kier alpha value is -2.75. The van der Waals surface area contributed by atoms with Gasteiger partial charge in [0.05, 0.1) is 26.2 Å². The van der Waals surface area contributed by atoms with E-state index in [1.54, 1.807) is 18.8 Å². The Morgan fingerprint density at radius 1 is 1.00 bits per heavy atom. The van der Waals surface area contributed by atoms with Crippen molar-refractivity contribution in [2.24, 2.45) is 0 Å². The van der Waals surface area contributed by atoms with Crippen LogP contribution < -0.4 is 9.47 Å². The number of carbonyl (C=O) groups excluding carboxylic acids is 1. The highest BCUT2D eigenvalue weighted by molar-refractivity contribution is 5.93. The van der Waals surface area contributed by atoms with Crippen molar-refractivity contribution in [1.29, 1.82) is 0 Å². The van der Waals surface area contributed by atoms with Gasteiger partial charge < -0.3 is 9.47 Å². The number of fused-ring (bicyclic) bond motifs is 1. The number of nitrogens with zero attached hydrogens (tertiary/aromatic N) is 1. The van der Waals surface area contributed by atoms with Crippen LogP contribution in [0.15, 0.2) is 54.7 Å². The molecular weight excluding hydrogens is 278 g/mol. The molecule has 4 heteroatoms. The molecular formula is C18H17NO3. The van der Waals surface area contributed by atoms with Crippen molar-refractivity contribution in [2.45, 2.75) is 6.42 Å². The number of ether oxygens (including phenoxy) is 2. The minimum atomic E-state index is 0.0217. The lowest BCUT2D eigenvalue weighted by Gasteiger charge is -2.10. The molecule has 0 radical (unpaired) electrons. The number of hydrogen-bond donors (Lipinski definition) is 0. The fourth-order valence-electron chi connectivity index (χ4n) is 2.55. The number of benzene rings is 2. The van der Waals surface area contributed by atoms with Gasteiger partial charge in [0.1, 0.15) is 0 Å². The summed E-state index contributed by atoms with van der Waals surface area (Å²) >= 11 is 0. The van der Waals surface area contributed by atoms with Crippen LogP contribution in [0.1, 0.15) is 10.4 Å². The Labute approximate surface area is 128 Å². The average molecular weight is 295 g/mol. The van der Waals surface area contributed by atoms with Crippen LogP contribution >= 0.6 is 0 Å². The quantitative estimate of drug-likeness (QED) is 0.739. The predicted octanol–water partition coefficient (Wildman–Crippen LogP) is 3.54. The molecule has 0 spiro atoms. The van der Waals surface area contributed by atoms with E-state index in [-0.39, 0.29) is 5.91 Å². The van der Waals surface area contributed by atoms with Crippen LogP contribution in [-0.2, 0) is 6.42 Å². The monoisotopic (exact) mass is 295 g/mol. The lowest BCUT2D eigenvalue weighted by Crippen LogP contribution is -2.12. The van der Waals surface area contributed by atoms with Crippen molar-refractivity contribution in [3.63, 3.8) is 0 Å². The summed E-state index contributed by atoms with van der Waals surface area (Å²) in [6, 6.07) is 15.3. The molecule has 4 nitrogen and oxygen atoms in total. The van der Waals surface area contributed by atoms with E-state index in [0.717, 1.165) is 16.5 Å². The molecule has 3 aromatic rings. The van der Waals surface area contributed by atoms with Crippen LogP contribution in [0.4, 0.5) is 0 Å². The van der Waals surface area contributed by atoms with Crippen molar-refractivity contribution in [3.05, 3.63) is 60.3 Å². The smallest absolute Gasteiger partial charge is 0.235 e. The number of para-hydroxylation sites is 1. The van der Waals surface area contributed by atoms with Gasteiger partial charge in [0.25, 0.3) is 0 Å². The number of hydrogen-bond acceptors (Lipinski definition) is 3. The Balaban J connectivity index is 1.88. The molecule has 0 aliphatic rings. The summed E-state index contributed by atoms with van der Waals surface area (Å²) in [7, 11) is 3.18. The largest absolute Gasteiger partial charge is 0.493 e. The third-order valence-corrected chi connectivity index (χ3v) is 3.67. The van der Waals surface area contributed by atoms with E-state index >= 15 is 0 Å². The second-order valence-corrected chi connectivity index (χ2v) is 5.00. The molecule has 0 saturated carbocycles. The molecule has 0 saturated heterocycles. The van der Waals surface area contributed by atoms with Gasteiger partial charge in [-0.15, -0.1) is 0 Å². The molecule has 0 aliphatic heterocycles. The summed E-state index contributed by atoms with van der Waals surface area (Å²) in [5.74, 6) is 1.31. The van der Waals surface area contributed by atoms with Crippen LogP contribution in [0, 0.1) is 0 Å². The number of aromatic nitrogens is 1. The Bertz CT molecular complexity index is 820. The van der Waals surface area contributed by atoms with Gasteiger partial charge in [0.15, 0.2) is 11.5 Å². The SMILES string of the molecule is COc1ccc(CC(=O)n2ccc3ccccc32)cc1OC. The number of methoxy groups -OCH3 is 2. The highest BCUT2D eigenvalue weighted by Crippen LogP contribution is 2.28. The first-order valence-corrected chi connectivity index (χ1v) is 7.03. The maximum absolute atomic E-state index is 12.5. The normalized spacial score (nSPS) is 10.6. The maximum atomic E-state index is 12.5. The topological polar surface area (TPSA) is 40.5 Å². The summed E-state index contributed by atoms with van der Waals surface area (Å²) in [6.07, 6.45) is 2.12. The van der Waals surface area contributed by atoms with Crippen LogP contribution in [0.25, 0.3) is 10.9 Å². The highest BCUT2D eigenvalue weighted by Gasteiger charge is 2.11. The first-order chi connectivity index (χ1) is 10.7. The van der Waals surface area contributed by atoms with Crippen LogP contribution in [0.5, 0.6) is 11.5 Å². The van der Waals surface area contributed by atoms with E-state index in [1.165, 1.54) is 0 Å². The van der Waals surface area contributed by atoms with Gasteiger partial charge in [-0.05, 0) is 29.8 Å². The minimum Gasteiger partial charge on any atom is -0.493 e. The molecule has 0 atom stereocenters. The Morgan fingerprint density at radius 2 is 1.77 bits per heavy atom. The van der Waals surface area contributed by atoms with Crippen molar-refractivity contribution in [2.75, 3.05) is 14.2 Å². The van der Waals surface area contributed by atoms with Crippen molar-refractivity contribution in [3.8, 4) is 11.5 Å². The maximum Gasteiger partial charge on any atom is 0.235 e. The second-order valence-electron chi connectivity index (χ2n) is 5.00. The third-order valence-electron chi connectivity index (χ3n) is 3.67. The second kappa shape index (κ2) is 5.93. The van der Waals surface area contributed by atoms with Gasteiger partial charge in [0.2, 0.25) is 5.91 Å². The van der Waals surface area contributed by atoms with Crippen LogP contribution in [0.2, 0.25) is 0 Å². The Morgan fingerprint density at radius 3 is 2.55 bits per heavy atom. The highest BCUT2D eigenvalue weighted by atomic mass is 16.5. The lowest BCUT2D eigenvalue weighted by atomic mass is 10.1. The summed E-state index contributed by atoms with van der Waals surface area (Å²) < 4.78 is 12.2. The predicted molar refractivity (Wildman–Crippen MR) is 85.8 cm³/mol. The van der Waals surface area contributed by atoms with E-state index < -0.39 is 0 Å². The fraction of sp³-hybridized carbons (Fsp3) is 0.167. The molecule has 112 valence electrons. The molecule has 22 heavy (non-hydrogen) atoms. The summed E-state index contributed by atoms with van der Waals surface area (Å²) in [5.41, 5.74) is 1.81. The molecule has 0 fully saturated rings. The molecule has 2 aromatic carbocycles. The van der Waals surface area contributed by atoms with Crippen molar-refractivity contribution < 1.29 is 14.3 Å². The van der Waals surface area contributed by atoms with Crippen molar-refractivity contribution >= 4 is 16.8 Å². The molecule has 1 heterocycles. The first kappa shape index (κ1) is 14.2. The minimum absolute atomic E-state index is 0.0217. The lowest BCUT2D eigenvalue weighted by molar-refractivity contribution is 0.0919. The van der Waals surface area contributed by atoms with Gasteiger partial charge in [0, 0.05) is 11.6 Å². The molecule has 0 amide bonds. The average Bonchev–Trinajstić information content (AvgIpc) is 2.98. The fourth-order valence-corrected chi connectivity index (χ4v) is 2.55. The van der Waals surface area contributed by atoms with Gasteiger partial charge in [-0.3, -0.25) is 9.36 Å². The number of carbonyl (C=O) groups is 1. The van der Waals surface area contributed by atoms with E-state index in [2.05, 4.69) is 0 Å². The van der Waals surface area contributed by atoms with Crippen LogP contribution in [0.3, 0.4) is 0 Å². The van der Waals surface area contributed by atoms with E-state index in [4.69, 9.17) is 9.47 Å². The van der Waals surface area contributed by atoms with E-state index in [0.29, 0.717) is 17.9 Å². The molecule has 0 N–H and O–H groups in total. The first-order valence-electron chi connectivity index (χ1n) is 7.03. The van der Waals surface area contributed by atoms with Gasteiger partial charge in [-0.2, -0.15) is 0 Å². The van der Waals surface area contributed by atoms with Gasteiger partial charge >= 0.3 is 0 Å². The zero-order valence-electron chi connectivity index (χ0n) is 12.6. The van der Waals surface area contributed by atoms with E-state index in [1.807, 2.05) is 54.7 Å². The van der Waals surface area contributed by atoms with Crippen LogP contribution in [-0.4, -0.2) is 24.7 Å². The zero-order chi connectivity index (χ0) is 15.5.